The van der Waals surface area contributed by atoms with E-state index in [1.165, 1.54) is 24.5 Å². The summed E-state index contributed by atoms with van der Waals surface area (Å²) in [6, 6.07) is 12.9. The van der Waals surface area contributed by atoms with Gasteiger partial charge < -0.3 is 20.3 Å². The first-order chi connectivity index (χ1) is 16.9. The number of carbonyl (C=O) groups excluding carboxylic acids is 2. The van der Waals surface area contributed by atoms with Crippen LogP contribution in [0.3, 0.4) is 0 Å². The van der Waals surface area contributed by atoms with Crippen LogP contribution in [-0.2, 0) is 0 Å². The molecule has 2 aromatic carbocycles. The lowest BCUT2D eigenvalue weighted by Crippen LogP contribution is -2.33. The molecule has 4 rings (SSSR count). The molecule has 35 heavy (non-hydrogen) atoms. The van der Waals surface area contributed by atoms with Crippen LogP contribution >= 0.6 is 11.3 Å². The van der Waals surface area contributed by atoms with Gasteiger partial charge in [0.25, 0.3) is 17.5 Å². The molecule has 0 radical (unpaired) electrons. The number of anilines is 3. The molecule has 1 fully saturated rings. The molecule has 3 aromatic rings. The number of hydrogen-bond acceptors (Lipinski definition) is 7. The van der Waals surface area contributed by atoms with Gasteiger partial charge in [-0.3, -0.25) is 19.7 Å². The van der Waals surface area contributed by atoms with Gasteiger partial charge in [0.15, 0.2) is 0 Å². The maximum Gasteiger partial charge on any atom is 0.293 e. The first kappa shape index (κ1) is 24.2. The van der Waals surface area contributed by atoms with Crippen molar-refractivity contribution in [1.82, 2.24) is 0 Å². The number of methoxy groups -OCH3 is 1. The first-order valence-corrected chi connectivity index (χ1v) is 12.1. The van der Waals surface area contributed by atoms with Gasteiger partial charge in [0.1, 0.15) is 11.4 Å². The van der Waals surface area contributed by atoms with Crippen molar-refractivity contribution >= 4 is 45.9 Å². The Balaban J connectivity index is 1.50. The quantitative estimate of drug-likeness (QED) is 0.336. The van der Waals surface area contributed by atoms with Crippen LogP contribution in [0, 0.1) is 16.0 Å². The van der Waals surface area contributed by atoms with E-state index in [1.54, 1.807) is 42.5 Å². The second-order valence-electron chi connectivity index (χ2n) is 8.43. The summed E-state index contributed by atoms with van der Waals surface area (Å²) in [5.74, 6) is 0.228. The van der Waals surface area contributed by atoms with E-state index >= 15 is 0 Å². The van der Waals surface area contributed by atoms with Crippen molar-refractivity contribution in [2.45, 2.75) is 19.8 Å². The Kier molecular flexibility index (Phi) is 7.31. The fourth-order valence-electron chi connectivity index (χ4n) is 3.99. The largest absolute Gasteiger partial charge is 0.494 e. The van der Waals surface area contributed by atoms with Crippen LogP contribution < -0.4 is 20.3 Å². The number of nitrogens with zero attached hydrogens (tertiary/aromatic N) is 2. The van der Waals surface area contributed by atoms with Gasteiger partial charge in [-0.2, -0.15) is 0 Å². The fourth-order valence-corrected chi connectivity index (χ4v) is 4.61. The predicted molar refractivity (Wildman–Crippen MR) is 137 cm³/mol. The molecule has 2 heterocycles. The van der Waals surface area contributed by atoms with Gasteiger partial charge in [-0.25, -0.2) is 0 Å². The standard InChI is InChI=1S/C25H26N4O5S/c1-16-9-11-28(12-10-16)20-8-5-17(14-21(20)29(32)33)24(30)26-18-6-7-19(22(15-18)34-2)27-25(31)23-4-3-13-35-23/h3-8,13-16H,9-12H2,1-2H3,(H,26,30)(H,27,31). The number of amides is 2. The minimum atomic E-state index is -0.482. The van der Waals surface area contributed by atoms with Crippen LogP contribution in [0.5, 0.6) is 5.75 Å². The zero-order chi connectivity index (χ0) is 24.9. The lowest BCUT2D eigenvalue weighted by atomic mass is 9.98. The molecule has 1 aliphatic heterocycles. The van der Waals surface area contributed by atoms with Crippen molar-refractivity contribution in [1.29, 1.82) is 0 Å². The van der Waals surface area contributed by atoms with E-state index in [-0.39, 0.29) is 17.2 Å². The molecule has 0 bridgehead atoms. The molecule has 0 aliphatic carbocycles. The molecule has 10 heteroatoms. The van der Waals surface area contributed by atoms with Gasteiger partial charge in [0.05, 0.1) is 22.6 Å². The molecule has 0 atom stereocenters. The third kappa shape index (κ3) is 5.60. The third-order valence-corrected chi connectivity index (χ3v) is 6.88. The Morgan fingerprint density at radius 3 is 2.51 bits per heavy atom. The van der Waals surface area contributed by atoms with Gasteiger partial charge in [0.2, 0.25) is 0 Å². The molecule has 1 saturated heterocycles. The molecular formula is C25H26N4O5S. The van der Waals surface area contributed by atoms with Crippen LogP contribution in [0.25, 0.3) is 0 Å². The van der Waals surface area contributed by atoms with E-state index < -0.39 is 10.8 Å². The minimum Gasteiger partial charge on any atom is -0.494 e. The number of carbonyl (C=O) groups is 2. The van der Waals surface area contributed by atoms with E-state index in [0.29, 0.717) is 33.6 Å². The number of nitro groups is 1. The van der Waals surface area contributed by atoms with Crippen molar-refractivity contribution in [2.75, 3.05) is 35.7 Å². The molecular weight excluding hydrogens is 468 g/mol. The van der Waals surface area contributed by atoms with Crippen LogP contribution in [0.2, 0.25) is 0 Å². The number of hydrogen-bond donors (Lipinski definition) is 2. The zero-order valence-electron chi connectivity index (χ0n) is 19.4. The maximum absolute atomic E-state index is 12.9. The van der Waals surface area contributed by atoms with Crippen molar-refractivity contribution in [2.24, 2.45) is 5.92 Å². The average Bonchev–Trinajstić information content (AvgIpc) is 3.40. The Hall–Kier alpha value is -3.92. The minimum absolute atomic E-state index is 0.0866. The van der Waals surface area contributed by atoms with E-state index in [4.69, 9.17) is 4.74 Å². The van der Waals surface area contributed by atoms with Crippen molar-refractivity contribution < 1.29 is 19.2 Å². The Labute approximate surface area is 206 Å². The molecule has 2 N–H and O–H groups in total. The fraction of sp³-hybridized carbons (Fsp3) is 0.280. The number of nitro benzene ring substituents is 1. The van der Waals surface area contributed by atoms with Gasteiger partial charge in [0, 0.05) is 36.5 Å². The summed E-state index contributed by atoms with van der Waals surface area (Å²) in [5, 5.41) is 19.1. The Morgan fingerprint density at radius 2 is 1.86 bits per heavy atom. The highest BCUT2D eigenvalue weighted by Crippen LogP contribution is 2.33. The van der Waals surface area contributed by atoms with E-state index in [1.807, 2.05) is 10.3 Å². The third-order valence-electron chi connectivity index (χ3n) is 6.01. The van der Waals surface area contributed by atoms with E-state index in [2.05, 4.69) is 17.6 Å². The first-order valence-electron chi connectivity index (χ1n) is 11.2. The van der Waals surface area contributed by atoms with Gasteiger partial charge in [-0.1, -0.05) is 13.0 Å². The summed E-state index contributed by atoms with van der Waals surface area (Å²) in [7, 11) is 1.46. The maximum atomic E-state index is 12.9. The topological polar surface area (TPSA) is 114 Å². The molecule has 1 aromatic heterocycles. The monoisotopic (exact) mass is 494 g/mol. The summed E-state index contributed by atoms with van der Waals surface area (Å²) < 4.78 is 5.38. The molecule has 1 aliphatic rings. The second kappa shape index (κ2) is 10.6. The number of piperidine rings is 1. The lowest BCUT2D eigenvalue weighted by molar-refractivity contribution is -0.384. The molecule has 182 valence electrons. The predicted octanol–water partition coefficient (Wildman–Crippen LogP) is 5.41. The van der Waals surface area contributed by atoms with Gasteiger partial charge in [-0.15, -0.1) is 11.3 Å². The molecule has 0 saturated carbocycles. The summed E-state index contributed by atoms with van der Waals surface area (Å²) >= 11 is 1.33. The number of thiophene rings is 1. The van der Waals surface area contributed by atoms with Crippen LogP contribution in [0.1, 0.15) is 39.8 Å². The molecule has 0 spiro atoms. The van der Waals surface area contributed by atoms with Crippen molar-refractivity contribution in [3.8, 4) is 5.75 Å². The Bertz CT molecular complexity index is 1240. The highest BCUT2D eigenvalue weighted by atomic mass is 32.1. The normalized spacial score (nSPS) is 13.8. The molecule has 9 nitrogen and oxygen atoms in total. The number of rotatable bonds is 7. The number of nitrogens with one attached hydrogen (secondary N) is 2. The smallest absolute Gasteiger partial charge is 0.293 e. The summed E-state index contributed by atoms with van der Waals surface area (Å²) in [4.78, 5) is 39.1. The summed E-state index contributed by atoms with van der Waals surface area (Å²) in [5.41, 5.74) is 1.51. The number of benzene rings is 2. The Morgan fingerprint density at radius 1 is 1.09 bits per heavy atom. The second-order valence-corrected chi connectivity index (χ2v) is 9.38. The summed E-state index contributed by atoms with van der Waals surface area (Å²) in [6.45, 7) is 3.68. The van der Waals surface area contributed by atoms with E-state index in [0.717, 1.165) is 25.9 Å². The summed E-state index contributed by atoms with van der Waals surface area (Å²) in [6.07, 6.45) is 1.95. The SMILES string of the molecule is COc1cc(NC(=O)c2ccc(N3CCC(C)CC3)c([N+](=O)[O-])c2)ccc1NC(=O)c1cccs1. The van der Waals surface area contributed by atoms with Gasteiger partial charge in [-0.05, 0) is 54.5 Å². The van der Waals surface area contributed by atoms with Crippen LogP contribution in [0.15, 0.2) is 53.9 Å². The van der Waals surface area contributed by atoms with Crippen molar-refractivity contribution in [3.05, 3.63) is 74.5 Å². The highest BCUT2D eigenvalue weighted by molar-refractivity contribution is 7.12. The van der Waals surface area contributed by atoms with Crippen LogP contribution in [0.4, 0.5) is 22.7 Å². The number of ether oxygens (including phenoxy) is 1. The van der Waals surface area contributed by atoms with Crippen molar-refractivity contribution in [3.63, 3.8) is 0 Å². The lowest BCUT2D eigenvalue weighted by Gasteiger charge is -2.31. The van der Waals surface area contributed by atoms with E-state index in [9.17, 15) is 19.7 Å². The molecule has 0 unspecified atom stereocenters. The van der Waals surface area contributed by atoms with Crippen LogP contribution in [-0.4, -0.2) is 36.9 Å². The van der Waals surface area contributed by atoms with Gasteiger partial charge >= 0.3 is 0 Å². The molecule has 2 amide bonds. The highest BCUT2D eigenvalue weighted by Gasteiger charge is 2.25. The zero-order valence-corrected chi connectivity index (χ0v) is 20.3. The average molecular weight is 495 g/mol.